The molecule has 18 heavy (non-hydrogen) atoms. The van der Waals surface area contributed by atoms with E-state index >= 15 is 0 Å². The lowest BCUT2D eigenvalue weighted by Gasteiger charge is -2.32. The lowest BCUT2D eigenvalue weighted by molar-refractivity contribution is 0.152. The molecule has 0 spiro atoms. The second-order valence-corrected chi connectivity index (χ2v) is 4.92. The van der Waals surface area contributed by atoms with Crippen LogP contribution in [0.4, 0.5) is 0 Å². The number of hydrogen-bond acceptors (Lipinski definition) is 5. The van der Waals surface area contributed by atoms with E-state index in [0.29, 0.717) is 18.2 Å². The van der Waals surface area contributed by atoms with E-state index in [2.05, 4.69) is 4.90 Å². The zero-order chi connectivity index (χ0) is 13.0. The average Bonchev–Trinajstić information content (AvgIpc) is 2.35. The maximum atomic E-state index is 11.3. The molecule has 0 amide bonds. The van der Waals surface area contributed by atoms with Crippen molar-refractivity contribution < 1.29 is 9.52 Å². The third-order valence-corrected chi connectivity index (χ3v) is 3.42. The summed E-state index contributed by atoms with van der Waals surface area (Å²) in [6.07, 6.45) is 4.55. The molecule has 0 aromatic carbocycles. The van der Waals surface area contributed by atoms with Crippen molar-refractivity contribution in [2.24, 2.45) is 11.7 Å². The summed E-state index contributed by atoms with van der Waals surface area (Å²) in [6.45, 7) is 3.37. The Morgan fingerprint density at radius 2 is 2.39 bits per heavy atom. The molecule has 1 atom stereocenters. The van der Waals surface area contributed by atoms with E-state index < -0.39 is 0 Å². The summed E-state index contributed by atoms with van der Waals surface area (Å²) in [7, 11) is 0. The van der Waals surface area contributed by atoms with Crippen LogP contribution in [0, 0.1) is 5.92 Å². The van der Waals surface area contributed by atoms with Crippen LogP contribution in [0.15, 0.2) is 21.5 Å². The third-order valence-electron chi connectivity index (χ3n) is 3.42. The lowest BCUT2D eigenvalue weighted by Crippen LogP contribution is -2.35. The van der Waals surface area contributed by atoms with Crippen LogP contribution in [0.1, 0.15) is 25.0 Å². The van der Waals surface area contributed by atoms with Gasteiger partial charge in [-0.1, -0.05) is 0 Å². The fourth-order valence-electron chi connectivity index (χ4n) is 2.51. The van der Waals surface area contributed by atoms with Gasteiger partial charge in [0.05, 0.1) is 6.54 Å². The van der Waals surface area contributed by atoms with Crippen LogP contribution >= 0.6 is 0 Å². The smallest absolute Gasteiger partial charge is 0.226 e. The second kappa shape index (κ2) is 6.02. The first-order chi connectivity index (χ1) is 8.69. The minimum Gasteiger partial charge on any atom is -0.502 e. The molecule has 2 rings (SSSR count). The van der Waals surface area contributed by atoms with Crippen molar-refractivity contribution in [3.05, 3.63) is 28.3 Å². The van der Waals surface area contributed by atoms with E-state index in [1.54, 1.807) is 0 Å². The van der Waals surface area contributed by atoms with E-state index in [0.717, 1.165) is 38.7 Å². The zero-order valence-corrected chi connectivity index (χ0v) is 10.5. The lowest BCUT2D eigenvalue weighted by atomic mass is 9.95. The molecule has 0 radical (unpaired) electrons. The van der Waals surface area contributed by atoms with Crippen LogP contribution in [0.3, 0.4) is 0 Å². The van der Waals surface area contributed by atoms with Gasteiger partial charge in [0.25, 0.3) is 0 Å². The Morgan fingerprint density at radius 3 is 3.11 bits per heavy atom. The number of piperidine rings is 1. The molecule has 0 bridgehead atoms. The van der Waals surface area contributed by atoms with Crippen LogP contribution in [0.2, 0.25) is 0 Å². The summed E-state index contributed by atoms with van der Waals surface area (Å²) in [4.78, 5) is 13.6. The van der Waals surface area contributed by atoms with E-state index in [-0.39, 0.29) is 11.2 Å². The van der Waals surface area contributed by atoms with Gasteiger partial charge in [0.2, 0.25) is 5.43 Å². The maximum absolute atomic E-state index is 11.3. The number of likely N-dealkylation sites (tertiary alicyclic amines) is 1. The monoisotopic (exact) mass is 252 g/mol. The third kappa shape index (κ3) is 3.34. The minimum atomic E-state index is -0.383. The Kier molecular flexibility index (Phi) is 4.38. The second-order valence-electron chi connectivity index (χ2n) is 4.92. The maximum Gasteiger partial charge on any atom is 0.226 e. The summed E-state index contributed by atoms with van der Waals surface area (Å²) >= 11 is 0. The summed E-state index contributed by atoms with van der Waals surface area (Å²) in [5.41, 5.74) is 5.21. The van der Waals surface area contributed by atoms with Crippen molar-refractivity contribution in [3.63, 3.8) is 0 Å². The number of aromatic hydroxyl groups is 1. The Labute approximate surface area is 106 Å². The van der Waals surface area contributed by atoms with Crippen molar-refractivity contribution in [2.45, 2.75) is 25.8 Å². The zero-order valence-electron chi connectivity index (χ0n) is 10.5. The van der Waals surface area contributed by atoms with Crippen LogP contribution in [0.5, 0.6) is 5.75 Å². The van der Waals surface area contributed by atoms with Gasteiger partial charge in [-0.3, -0.25) is 9.69 Å². The number of nitrogens with two attached hydrogens (primary N) is 1. The van der Waals surface area contributed by atoms with Gasteiger partial charge < -0.3 is 15.3 Å². The van der Waals surface area contributed by atoms with Crippen LogP contribution < -0.4 is 11.2 Å². The molecule has 0 saturated carbocycles. The van der Waals surface area contributed by atoms with Gasteiger partial charge in [0, 0.05) is 12.6 Å². The van der Waals surface area contributed by atoms with E-state index in [4.69, 9.17) is 15.3 Å². The van der Waals surface area contributed by atoms with E-state index in [9.17, 15) is 4.79 Å². The first-order valence-corrected chi connectivity index (χ1v) is 6.42. The number of nitrogens with zero attached hydrogens (tertiary/aromatic N) is 1. The normalized spacial score (nSPS) is 21.1. The van der Waals surface area contributed by atoms with Gasteiger partial charge in [-0.05, 0) is 38.3 Å². The Balaban J connectivity index is 1.96. The van der Waals surface area contributed by atoms with Gasteiger partial charge in [-0.25, -0.2) is 0 Å². The Bertz CT molecular complexity index is 442. The standard InChI is InChI=1S/C13H20N2O3/c14-4-3-10-2-1-5-15(7-10)8-11-6-12(16)13(17)9-18-11/h6,9-10,17H,1-5,7-8,14H2. The molecule has 0 aliphatic carbocycles. The van der Waals surface area contributed by atoms with Gasteiger partial charge in [0.15, 0.2) is 5.75 Å². The molecule has 5 heteroatoms. The minimum absolute atomic E-state index is 0.335. The van der Waals surface area contributed by atoms with Gasteiger partial charge in [-0.2, -0.15) is 0 Å². The highest BCUT2D eigenvalue weighted by atomic mass is 16.4. The predicted octanol–water partition coefficient (Wildman–Crippen LogP) is 0.906. The molecule has 1 aliphatic rings. The predicted molar refractivity (Wildman–Crippen MR) is 68.3 cm³/mol. The van der Waals surface area contributed by atoms with Gasteiger partial charge in [0.1, 0.15) is 12.0 Å². The Morgan fingerprint density at radius 1 is 1.56 bits per heavy atom. The van der Waals surface area contributed by atoms with Crippen LogP contribution in [-0.2, 0) is 6.54 Å². The summed E-state index contributed by atoms with van der Waals surface area (Å²) in [5, 5.41) is 9.13. The molecule has 1 aromatic heterocycles. The molecular weight excluding hydrogens is 232 g/mol. The Hall–Kier alpha value is -1.33. The molecule has 5 nitrogen and oxygen atoms in total. The molecule has 1 saturated heterocycles. The molecule has 100 valence electrons. The highest BCUT2D eigenvalue weighted by Crippen LogP contribution is 2.20. The SMILES string of the molecule is NCCC1CCCN(Cc2cc(=O)c(O)co2)C1. The molecule has 2 heterocycles. The average molecular weight is 252 g/mol. The van der Waals surface area contributed by atoms with Crippen molar-refractivity contribution in [1.29, 1.82) is 0 Å². The van der Waals surface area contributed by atoms with Gasteiger partial charge in [-0.15, -0.1) is 0 Å². The van der Waals surface area contributed by atoms with Crippen molar-refractivity contribution in [2.75, 3.05) is 19.6 Å². The van der Waals surface area contributed by atoms with E-state index in [1.807, 2.05) is 0 Å². The highest BCUT2D eigenvalue weighted by Gasteiger charge is 2.20. The largest absolute Gasteiger partial charge is 0.502 e. The topological polar surface area (TPSA) is 79.7 Å². The quantitative estimate of drug-likeness (QED) is 0.832. The molecule has 1 fully saturated rings. The number of hydrogen-bond donors (Lipinski definition) is 2. The fraction of sp³-hybridized carbons (Fsp3) is 0.615. The molecule has 1 unspecified atom stereocenters. The number of rotatable bonds is 4. The summed E-state index contributed by atoms with van der Waals surface area (Å²) < 4.78 is 5.22. The molecular formula is C13H20N2O3. The molecule has 1 aromatic rings. The van der Waals surface area contributed by atoms with Crippen molar-refractivity contribution in [3.8, 4) is 5.75 Å². The van der Waals surface area contributed by atoms with E-state index in [1.165, 1.54) is 12.5 Å². The van der Waals surface area contributed by atoms with Crippen molar-refractivity contribution in [1.82, 2.24) is 4.90 Å². The highest BCUT2D eigenvalue weighted by molar-refractivity contribution is 5.15. The summed E-state index contributed by atoms with van der Waals surface area (Å²) in [5.74, 6) is 0.914. The van der Waals surface area contributed by atoms with Crippen molar-refractivity contribution >= 4 is 0 Å². The van der Waals surface area contributed by atoms with Crippen LogP contribution in [-0.4, -0.2) is 29.6 Å². The first kappa shape index (κ1) is 13.1. The van der Waals surface area contributed by atoms with Crippen LogP contribution in [0.25, 0.3) is 0 Å². The summed E-state index contributed by atoms with van der Waals surface area (Å²) in [6, 6.07) is 1.36. The fourth-order valence-corrected chi connectivity index (χ4v) is 2.51. The molecule has 1 aliphatic heterocycles. The molecule has 3 N–H and O–H groups in total. The first-order valence-electron chi connectivity index (χ1n) is 6.42. The van der Waals surface area contributed by atoms with Gasteiger partial charge >= 0.3 is 0 Å².